The second-order valence-corrected chi connectivity index (χ2v) is 15.2. The van der Waals surface area contributed by atoms with Crippen LogP contribution in [0.25, 0.3) is 17.0 Å². The molecule has 8 atom stereocenters. The zero-order valence-electron chi connectivity index (χ0n) is 28.0. The van der Waals surface area contributed by atoms with Gasteiger partial charge in [-0.15, -0.1) is 0 Å². The van der Waals surface area contributed by atoms with Crippen molar-refractivity contribution in [2.24, 2.45) is 28.9 Å². The Morgan fingerprint density at radius 2 is 1.89 bits per heavy atom. The molecule has 2 fully saturated rings. The fourth-order valence-electron chi connectivity index (χ4n) is 10.3. The van der Waals surface area contributed by atoms with E-state index in [2.05, 4.69) is 53.2 Å². The van der Waals surface area contributed by atoms with Crippen LogP contribution in [0.2, 0.25) is 0 Å². The number of pyridine rings is 1. The van der Waals surface area contributed by atoms with Crippen molar-refractivity contribution in [1.82, 2.24) is 14.8 Å². The maximum atomic E-state index is 11.1. The molecule has 5 unspecified atom stereocenters. The molecule has 1 aromatic heterocycles. The van der Waals surface area contributed by atoms with Gasteiger partial charge in [-0.1, -0.05) is 55.0 Å². The summed E-state index contributed by atoms with van der Waals surface area (Å²) in [6.45, 7) is 8.49. The number of benzene rings is 1. The second-order valence-electron chi connectivity index (χ2n) is 15.2. The number of aromatic hydroxyl groups is 1. The molecule has 5 aliphatic heterocycles. The number of nitrogens with two attached hydrogens (primary N) is 1. The Bertz CT molecular complexity index is 1480. The lowest BCUT2D eigenvalue weighted by atomic mass is 9.52. The van der Waals surface area contributed by atoms with Crippen molar-refractivity contribution in [3.05, 3.63) is 64.9 Å². The van der Waals surface area contributed by atoms with Crippen LogP contribution in [0.5, 0.6) is 5.75 Å². The van der Waals surface area contributed by atoms with Gasteiger partial charge in [-0.25, -0.2) is 4.98 Å². The highest BCUT2D eigenvalue weighted by Gasteiger charge is 2.58. The zero-order valence-corrected chi connectivity index (χ0v) is 28.0. The zero-order chi connectivity index (χ0) is 31.7. The van der Waals surface area contributed by atoms with Gasteiger partial charge in [0.05, 0.1) is 6.10 Å². The summed E-state index contributed by atoms with van der Waals surface area (Å²) in [5, 5.41) is 22.9. The third-order valence-corrected chi connectivity index (χ3v) is 12.3. The highest BCUT2D eigenvalue weighted by molar-refractivity contribution is 5.90. The summed E-state index contributed by atoms with van der Waals surface area (Å²) in [4.78, 5) is 10.8. The Kier molecular flexibility index (Phi) is 9.70. The molecule has 4 N–H and O–H groups in total. The first kappa shape index (κ1) is 32.1. The fourth-order valence-corrected chi connectivity index (χ4v) is 10.3. The fraction of sp³-hybridized carbons (Fsp3) is 0.625. The first-order valence-electron chi connectivity index (χ1n) is 18.5. The van der Waals surface area contributed by atoms with E-state index in [1.54, 1.807) is 11.6 Å². The summed E-state index contributed by atoms with van der Waals surface area (Å²) >= 11 is 0. The maximum Gasteiger partial charge on any atom is 0.141 e. The van der Waals surface area contributed by atoms with Crippen LogP contribution < -0.4 is 5.73 Å². The van der Waals surface area contributed by atoms with Crippen LogP contribution in [-0.2, 0) is 12.8 Å². The molecule has 6 bridgehead atoms. The van der Waals surface area contributed by atoms with Crippen molar-refractivity contribution < 1.29 is 10.2 Å². The van der Waals surface area contributed by atoms with Crippen molar-refractivity contribution in [2.45, 2.75) is 96.1 Å². The lowest BCUT2D eigenvalue weighted by Gasteiger charge is -2.64. The number of piperidine rings is 2. The van der Waals surface area contributed by atoms with E-state index >= 15 is 0 Å². The number of aryl methyl sites for hydroxylation is 1. The highest BCUT2D eigenvalue weighted by Crippen LogP contribution is 2.57. The average Bonchev–Trinajstić information content (AvgIpc) is 3.05. The molecule has 6 aliphatic rings. The summed E-state index contributed by atoms with van der Waals surface area (Å²) in [6.07, 6.45) is 24.9. The lowest BCUT2D eigenvalue weighted by Crippen LogP contribution is -2.68. The SMILES string of the molecule is CC1CN2CC[C@H]3C4C=C(CC/C=C\CCCC1O)[C@H]1N(CCCCc5nc6c(O)cccc6c(CCN)c5/C=C\CC[C@@]31C2)C4. The van der Waals surface area contributed by atoms with E-state index in [1.807, 2.05) is 6.07 Å². The number of para-hydroxylation sites is 1. The molecule has 46 heavy (non-hydrogen) atoms. The maximum absolute atomic E-state index is 11.1. The van der Waals surface area contributed by atoms with E-state index in [9.17, 15) is 10.2 Å². The first-order valence-corrected chi connectivity index (χ1v) is 18.5. The number of hydrogen-bond acceptors (Lipinski definition) is 6. The number of allylic oxidation sites excluding steroid dienone is 3. The molecule has 1 spiro atoms. The Labute approximate surface area is 276 Å². The average molecular weight is 625 g/mol. The van der Waals surface area contributed by atoms with Crippen molar-refractivity contribution in [2.75, 3.05) is 39.3 Å². The first-order chi connectivity index (χ1) is 22.5. The van der Waals surface area contributed by atoms with Crippen LogP contribution >= 0.6 is 0 Å². The van der Waals surface area contributed by atoms with Gasteiger partial charge in [0.25, 0.3) is 0 Å². The topological polar surface area (TPSA) is 85.8 Å². The summed E-state index contributed by atoms with van der Waals surface area (Å²) in [7, 11) is 0. The molecule has 6 heteroatoms. The number of nitrogens with zero attached hydrogens (tertiary/aromatic N) is 3. The normalized spacial score (nSPS) is 36.7. The minimum atomic E-state index is -0.221. The number of aliphatic hydroxyl groups is 1. The van der Waals surface area contributed by atoms with Crippen LogP contribution in [0.3, 0.4) is 0 Å². The number of fused-ring (bicyclic) bond motifs is 3. The molecule has 0 radical (unpaired) electrons. The number of phenolic OH excluding ortho intramolecular Hbond substituents is 1. The summed E-state index contributed by atoms with van der Waals surface area (Å²) in [5.74, 6) is 1.92. The standard InChI is InChI=1S/C40H56N4O2/c1-28-25-43-23-19-34-30-24-29(12-5-3-2-4-6-16-36(28)45)39-40(34,27-43)20-9-7-13-32-31(18-21-41)33-14-11-17-37(46)38(33)42-35(32)15-8-10-22-44(39)26-30/h2-3,7,11,13-14,17,24,28,30,34,36,39,45-46H,4-6,8-10,12,15-16,18-23,25-27,41H2,1H3/b3-2-,13-7-/t28?,30?,34-,36?,39+,40+/m0/s1. The van der Waals surface area contributed by atoms with Gasteiger partial charge >= 0.3 is 0 Å². The van der Waals surface area contributed by atoms with Crippen LogP contribution in [0.1, 0.15) is 88.0 Å². The van der Waals surface area contributed by atoms with Gasteiger partial charge in [0.1, 0.15) is 11.3 Å². The van der Waals surface area contributed by atoms with Crippen LogP contribution in [0.15, 0.2) is 48.1 Å². The van der Waals surface area contributed by atoms with Gasteiger partial charge in [-0.2, -0.15) is 0 Å². The van der Waals surface area contributed by atoms with E-state index < -0.39 is 0 Å². The van der Waals surface area contributed by atoms with E-state index in [0.29, 0.717) is 29.9 Å². The highest BCUT2D eigenvalue weighted by atomic mass is 16.3. The van der Waals surface area contributed by atoms with Crippen molar-refractivity contribution in [1.29, 1.82) is 0 Å². The number of rotatable bonds is 2. The van der Waals surface area contributed by atoms with E-state index in [-0.39, 0.29) is 17.3 Å². The van der Waals surface area contributed by atoms with Gasteiger partial charge in [0.2, 0.25) is 0 Å². The molecule has 6 heterocycles. The van der Waals surface area contributed by atoms with Gasteiger partial charge in [0, 0.05) is 42.2 Å². The number of phenols is 1. The summed E-state index contributed by atoms with van der Waals surface area (Å²) < 4.78 is 0. The van der Waals surface area contributed by atoms with Crippen LogP contribution in [-0.4, -0.2) is 76.4 Å². The van der Waals surface area contributed by atoms with Gasteiger partial charge in [0.15, 0.2) is 0 Å². The molecule has 1 aliphatic carbocycles. The van der Waals surface area contributed by atoms with Gasteiger partial charge in [-0.3, -0.25) is 4.90 Å². The molecule has 6 nitrogen and oxygen atoms in total. The quantitative estimate of drug-likeness (QED) is 0.325. The van der Waals surface area contributed by atoms with Gasteiger partial charge in [-0.05, 0) is 132 Å². The monoisotopic (exact) mass is 624 g/mol. The minimum Gasteiger partial charge on any atom is -0.506 e. The molecule has 248 valence electrons. The Morgan fingerprint density at radius 3 is 2.78 bits per heavy atom. The predicted molar refractivity (Wildman–Crippen MR) is 189 cm³/mol. The molecular formula is C40H56N4O2. The Balaban J connectivity index is 1.27. The van der Waals surface area contributed by atoms with Crippen LogP contribution in [0, 0.1) is 23.2 Å². The number of aliphatic hydroxyl groups excluding tert-OH is 1. The molecule has 8 rings (SSSR count). The van der Waals surface area contributed by atoms with Gasteiger partial charge < -0.3 is 20.8 Å². The van der Waals surface area contributed by atoms with Crippen LogP contribution in [0.4, 0.5) is 0 Å². The summed E-state index contributed by atoms with van der Waals surface area (Å²) in [6, 6.07) is 6.28. The molecule has 1 aromatic carbocycles. The third kappa shape index (κ3) is 6.11. The van der Waals surface area contributed by atoms with E-state index in [1.165, 1.54) is 36.9 Å². The molecular weight excluding hydrogens is 568 g/mol. The third-order valence-electron chi connectivity index (χ3n) is 12.3. The summed E-state index contributed by atoms with van der Waals surface area (Å²) in [5.41, 5.74) is 12.4. The predicted octanol–water partition coefficient (Wildman–Crippen LogP) is 6.64. The minimum absolute atomic E-state index is 0.221. The Hall–Kier alpha value is -2.51. The molecule has 0 saturated carbocycles. The molecule has 2 saturated heterocycles. The van der Waals surface area contributed by atoms with Crippen molar-refractivity contribution in [3.8, 4) is 5.75 Å². The van der Waals surface area contributed by atoms with Crippen molar-refractivity contribution in [3.63, 3.8) is 0 Å². The Morgan fingerprint density at radius 1 is 1.00 bits per heavy atom. The number of hydrogen-bond donors (Lipinski definition) is 3. The largest absolute Gasteiger partial charge is 0.506 e. The molecule has 2 aromatic rings. The van der Waals surface area contributed by atoms with E-state index in [0.717, 1.165) is 101 Å². The smallest absolute Gasteiger partial charge is 0.141 e. The van der Waals surface area contributed by atoms with Crippen molar-refractivity contribution >= 4 is 17.0 Å². The van der Waals surface area contributed by atoms with E-state index in [4.69, 9.17) is 10.7 Å². The number of aromatic nitrogens is 1. The second kappa shape index (κ2) is 13.9. The molecule has 0 amide bonds. The lowest BCUT2D eigenvalue weighted by molar-refractivity contribution is -0.113.